The van der Waals surface area contributed by atoms with Crippen molar-refractivity contribution in [2.24, 2.45) is 0 Å². The molecule has 28 heavy (non-hydrogen) atoms. The number of amides is 1. The molecule has 0 heterocycles. The second-order valence-electron chi connectivity index (χ2n) is 5.19. The van der Waals surface area contributed by atoms with Crippen LogP contribution in [0.5, 0.6) is 0 Å². The van der Waals surface area contributed by atoms with Gasteiger partial charge in [0.05, 0.1) is 11.1 Å². The van der Waals surface area contributed by atoms with Crippen molar-refractivity contribution in [2.45, 2.75) is 12.4 Å². The molecule has 0 spiro atoms. The second-order valence-corrected chi connectivity index (χ2v) is 5.19. The average Bonchev–Trinajstić information content (AvgIpc) is 2.56. The van der Waals surface area contributed by atoms with Gasteiger partial charge in [0, 0.05) is 5.69 Å². The number of nitrogens with one attached hydrogen (secondary N) is 1. The molecule has 0 aromatic heterocycles. The zero-order valence-electron chi connectivity index (χ0n) is 12.8. The number of alkyl halides is 6. The lowest BCUT2D eigenvalue weighted by Crippen LogP contribution is -2.20. The number of hydrogen-bond acceptors (Lipinski definition) is 1. The quantitative estimate of drug-likeness (QED) is 0.377. The lowest BCUT2D eigenvalue weighted by molar-refractivity contribution is -0.143. The van der Waals surface area contributed by atoms with Crippen molar-refractivity contribution in [3.8, 4) is 0 Å². The van der Waals surface area contributed by atoms with Crippen molar-refractivity contribution in [1.29, 1.82) is 0 Å². The maximum absolute atomic E-state index is 13.6. The van der Waals surface area contributed by atoms with Gasteiger partial charge in [-0.25, -0.2) is 22.0 Å². The molecule has 1 amide bonds. The standard InChI is InChI=1S/C15H4F11NO/c16-8-7(9(17)11(19)12(20)10(8)18)13(28)27-6-2-4(14(21,22)23)1-5(3-6)15(24,25)26/h1-3H,(H,27,28). The third kappa shape index (κ3) is 4.02. The summed E-state index contributed by atoms with van der Waals surface area (Å²) in [6.07, 6.45) is -10.6. The number of halogens is 11. The fourth-order valence-corrected chi connectivity index (χ4v) is 2.02. The van der Waals surface area contributed by atoms with E-state index in [9.17, 15) is 53.1 Å². The Bertz CT molecular complexity index is 885. The third-order valence-corrected chi connectivity index (χ3v) is 3.28. The number of carbonyl (C=O) groups excluding carboxylic acids is 1. The van der Waals surface area contributed by atoms with Gasteiger partial charge in [-0.1, -0.05) is 0 Å². The van der Waals surface area contributed by atoms with E-state index < -0.39 is 69.7 Å². The van der Waals surface area contributed by atoms with E-state index in [0.29, 0.717) is 0 Å². The van der Waals surface area contributed by atoms with Crippen molar-refractivity contribution >= 4 is 11.6 Å². The first-order valence-electron chi connectivity index (χ1n) is 6.76. The Morgan fingerprint density at radius 2 is 1.00 bits per heavy atom. The van der Waals surface area contributed by atoms with Crippen molar-refractivity contribution in [3.63, 3.8) is 0 Å². The summed E-state index contributed by atoms with van der Waals surface area (Å²) in [5.74, 6) is -15.0. The summed E-state index contributed by atoms with van der Waals surface area (Å²) in [7, 11) is 0. The minimum Gasteiger partial charge on any atom is -0.322 e. The Balaban J connectivity index is 2.56. The van der Waals surface area contributed by atoms with Gasteiger partial charge in [-0.3, -0.25) is 4.79 Å². The molecule has 0 aliphatic rings. The molecule has 0 unspecified atom stereocenters. The van der Waals surface area contributed by atoms with Crippen molar-refractivity contribution in [2.75, 3.05) is 5.32 Å². The maximum Gasteiger partial charge on any atom is 0.416 e. The predicted molar refractivity (Wildman–Crippen MR) is 70.6 cm³/mol. The Labute approximate surface area is 147 Å². The van der Waals surface area contributed by atoms with Crippen LogP contribution in [-0.4, -0.2) is 5.91 Å². The molecule has 0 aliphatic heterocycles. The SMILES string of the molecule is O=C(Nc1cc(C(F)(F)F)cc(C(F)(F)F)c1)c1c(F)c(F)c(F)c(F)c1F. The molecule has 13 heteroatoms. The van der Waals surface area contributed by atoms with Gasteiger partial charge in [-0.2, -0.15) is 26.3 Å². The molecule has 152 valence electrons. The smallest absolute Gasteiger partial charge is 0.322 e. The van der Waals surface area contributed by atoms with Crippen LogP contribution in [0.25, 0.3) is 0 Å². The van der Waals surface area contributed by atoms with E-state index in [2.05, 4.69) is 0 Å². The molecule has 2 rings (SSSR count). The fourth-order valence-electron chi connectivity index (χ4n) is 2.02. The third-order valence-electron chi connectivity index (χ3n) is 3.28. The number of benzene rings is 2. The van der Waals surface area contributed by atoms with E-state index in [1.807, 2.05) is 0 Å². The summed E-state index contributed by atoms with van der Waals surface area (Å²) >= 11 is 0. The van der Waals surface area contributed by atoms with Gasteiger partial charge in [0.1, 0.15) is 5.56 Å². The molecule has 0 saturated heterocycles. The largest absolute Gasteiger partial charge is 0.416 e. The van der Waals surface area contributed by atoms with E-state index >= 15 is 0 Å². The Kier molecular flexibility index (Phi) is 5.32. The summed E-state index contributed by atoms with van der Waals surface area (Å²) in [5.41, 5.74) is -7.08. The van der Waals surface area contributed by atoms with Gasteiger partial charge in [-0.05, 0) is 18.2 Å². The van der Waals surface area contributed by atoms with Crippen molar-refractivity contribution in [1.82, 2.24) is 0 Å². The number of carbonyl (C=O) groups is 1. The highest BCUT2D eigenvalue weighted by molar-refractivity contribution is 6.04. The van der Waals surface area contributed by atoms with E-state index in [0.717, 1.165) is 0 Å². The minimum atomic E-state index is -5.30. The highest BCUT2D eigenvalue weighted by Gasteiger charge is 2.37. The molecule has 0 saturated carbocycles. The van der Waals surface area contributed by atoms with Crippen LogP contribution < -0.4 is 5.32 Å². The van der Waals surface area contributed by atoms with E-state index in [1.165, 1.54) is 5.32 Å². The summed E-state index contributed by atoms with van der Waals surface area (Å²) < 4.78 is 143. The first kappa shape index (κ1) is 21.4. The first-order chi connectivity index (χ1) is 12.6. The Morgan fingerprint density at radius 3 is 1.36 bits per heavy atom. The molecule has 2 aromatic carbocycles. The minimum absolute atomic E-state index is 0.0147. The average molecular weight is 423 g/mol. The Morgan fingerprint density at radius 1 is 0.643 bits per heavy atom. The van der Waals surface area contributed by atoms with Crippen LogP contribution in [-0.2, 0) is 12.4 Å². The van der Waals surface area contributed by atoms with Crippen LogP contribution in [0, 0.1) is 29.1 Å². The maximum atomic E-state index is 13.6. The second kappa shape index (κ2) is 6.95. The predicted octanol–water partition coefficient (Wildman–Crippen LogP) is 5.67. The molecule has 0 bridgehead atoms. The molecule has 1 N–H and O–H groups in total. The van der Waals surface area contributed by atoms with Crippen LogP contribution >= 0.6 is 0 Å². The monoisotopic (exact) mass is 423 g/mol. The molecular weight excluding hydrogens is 419 g/mol. The van der Waals surface area contributed by atoms with Gasteiger partial charge in [0.25, 0.3) is 5.91 Å². The normalized spacial score (nSPS) is 12.2. The molecule has 2 aromatic rings. The highest BCUT2D eigenvalue weighted by atomic mass is 19.4. The summed E-state index contributed by atoms with van der Waals surface area (Å²) in [4.78, 5) is 11.8. The van der Waals surface area contributed by atoms with Crippen LogP contribution in [0.2, 0.25) is 0 Å². The van der Waals surface area contributed by atoms with Crippen LogP contribution in [0.4, 0.5) is 54.0 Å². The Hall–Kier alpha value is -2.86. The topological polar surface area (TPSA) is 29.1 Å². The van der Waals surface area contributed by atoms with Crippen molar-refractivity contribution in [3.05, 3.63) is 64.0 Å². The van der Waals surface area contributed by atoms with E-state index in [4.69, 9.17) is 0 Å². The zero-order valence-corrected chi connectivity index (χ0v) is 12.8. The van der Waals surface area contributed by atoms with E-state index in [-0.39, 0.29) is 18.2 Å². The van der Waals surface area contributed by atoms with Crippen LogP contribution in [0.1, 0.15) is 21.5 Å². The first-order valence-corrected chi connectivity index (χ1v) is 6.76. The van der Waals surface area contributed by atoms with Crippen LogP contribution in [0.15, 0.2) is 18.2 Å². The number of hydrogen-bond donors (Lipinski definition) is 1. The molecular formula is C15H4F11NO. The van der Waals surface area contributed by atoms with Crippen molar-refractivity contribution < 1.29 is 53.1 Å². The number of anilines is 1. The number of rotatable bonds is 2. The van der Waals surface area contributed by atoms with E-state index in [1.54, 1.807) is 0 Å². The molecule has 0 aliphatic carbocycles. The fraction of sp³-hybridized carbons (Fsp3) is 0.133. The molecule has 2 nitrogen and oxygen atoms in total. The lowest BCUT2D eigenvalue weighted by atomic mass is 10.1. The van der Waals surface area contributed by atoms with Gasteiger partial charge in [0.15, 0.2) is 23.3 Å². The van der Waals surface area contributed by atoms with Gasteiger partial charge in [0.2, 0.25) is 5.82 Å². The summed E-state index contributed by atoms with van der Waals surface area (Å²) in [5, 5.41) is 1.26. The van der Waals surface area contributed by atoms with Gasteiger partial charge < -0.3 is 5.32 Å². The zero-order chi connectivity index (χ0) is 21.6. The molecule has 0 radical (unpaired) electrons. The summed E-state index contributed by atoms with van der Waals surface area (Å²) in [6, 6.07) is -0.327. The summed E-state index contributed by atoms with van der Waals surface area (Å²) in [6.45, 7) is 0. The van der Waals surface area contributed by atoms with Gasteiger partial charge in [-0.15, -0.1) is 0 Å². The molecule has 0 atom stereocenters. The van der Waals surface area contributed by atoms with Crippen LogP contribution in [0.3, 0.4) is 0 Å². The highest BCUT2D eigenvalue weighted by Crippen LogP contribution is 2.37. The lowest BCUT2D eigenvalue weighted by Gasteiger charge is -2.15. The molecule has 0 fully saturated rings. The van der Waals surface area contributed by atoms with Gasteiger partial charge >= 0.3 is 12.4 Å².